The van der Waals surface area contributed by atoms with Gasteiger partial charge in [0, 0.05) is 29.6 Å². The molecule has 0 heterocycles. The molecule has 1 amide bonds. The zero-order chi connectivity index (χ0) is 13.6. The van der Waals surface area contributed by atoms with Crippen LogP contribution in [-0.2, 0) is 4.79 Å². The summed E-state index contributed by atoms with van der Waals surface area (Å²) in [7, 11) is 3.31. The van der Waals surface area contributed by atoms with E-state index in [4.69, 9.17) is 5.84 Å². The first kappa shape index (κ1) is 17.5. The number of rotatable bonds is 10. The number of nitrogens with two attached hydrogens (primary N) is 1. The lowest BCUT2D eigenvalue weighted by atomic mass is 10.4. The lowest BCUT2D eigenvalue weighted by molar-refractivity contribution is -0.120. The number of hydrazine groups is 1. The van der Waals surface area contributed by atoms with Gasteiger partial charge in [-0.1, -0.05) is 34.9 Å². The van der Waals surface area contributed by atoms with Crippen molar-refractivity contribution in [2.45, 2.75) is 26.7 Å². The molecule has 0 aliphatic carbocycles. The highest BCUT2D eigenvalue weighted by molar-refractivity contribution is 8.77. The smallest absolute Gasteiger partial charge is 0.235 e. The van der Waals surface area contributed by atoms with Gasteiger partial charge in [-0.05, 0) is 13.3 Å². The molecule has 0 radical (unpaired) electrons. The molecular weight excluding hydrogens is 268 g/mol. The number of nitrogens with zero attached hydrogens (tertiary/aromatic N) is 1. The predicted octanol–water partition coefficient (Wildman–Crippen LogP) is 1.68. The fraction of sp³-hybridized carbons (Fsp3) is 0.636. The molecule has 0 rings (SSSR count). The van der Waals surface area contributed by atoms with Gasteiger partial charge in [0.05, 0.1) is 6.54 Å². The molecule has 0 spiro atoms. The summed E-state index contributed by atoms with van der Waals surface area (Å²) in [6.45, 7) is 4.91. The molecule has 0 aromatic carbocycles. The number of hydrogen-bond acceptors (Lipinski definition) is 6. The molecule has 104 valence electrons. The molecule has 18 heavy (non-hydrogen) atoms. The number of unbranched alkanes of at least 4 members (excludes halogenated alkanes) is 1. The maximum atomic E-state index is 11.0. The van der Waals surface area contributed by atoms with Crippen molar-refractivity contribution in [3.8, 4) is 0 Å². The van der Waals surface area contributed by atoms with E-state index in [0.717, 1.165) is 24.3 Å². The van der Waals surface area contributed by atoms with Crippen LogP contribution in [0.5, 0.6) is 0 Å². The van der Waals surface area contributed by atoms with E-state index in [0.29, 0.717) is 6.54 Å². The van der Waals surface area contributed by atoms with Gasteiger partial charge in [-0.15, -0.1) is 0 Å². The van der Waals surface area contributed by atoms with E-state index in [9.17, 15) is 4.79 Å². The Bertz CT molecular complexity index is 282. The van der Waals surface area contributed by atoms with Crippen molar-refractivity contribution < 1.29 is 4.79 Å². The van der Waals surface area contributed by atoms with Gasteiger partial charge < -0.3 is 5.32 Å². The summed E-state index contributed by atoms with van der Waals surface area (Å²) in [5, 5.41) is 4.76. The number of hydrogen-bond donors (Lipinski definition) is 3. The molecule has 0 unspecified atom stereocenters. The minimum absolute atomic E-state index is 0.0843. The van der Waals surface area contributed by atoms with Crippen molar-refractivity contribution in [3.63, 3.8) is 0 Å². The minimum Gasteiger partial charge on any atom is -0.354 e. The fourth-order valence-corrected chi connectivity index (χ4v) is 2.62. The normalized spacial score (nSPS) is 12.1. The van der Waals surface area contributed by atoms with Crippen LogP contribution in [0.15, 0.2) is 16.1 Å². The number of aliphatic imine (C=N–C) groups is 1. The van der Waals surface area contributed by atoms with E-state index in [1.807, 2.05) is 18.5 Å². The lowest BCUT2D eigenvalue weighted by Gasteiger charge is -2.02. The zero-order valence-corrected chi connectivity index (χ0v) is 12.6. The molecule has 0 aliphatic rings. The van der Waals surface area contributed by atoms with Crippen molar-refractivity contribution in [1.29, 1.82) is 0 Å². The van der Waals surface area contributed by atoms with Crippen molar-refractivity contribution >= 4 is 33.7 Å². The third kappa shape index (κ3) is 12.0. The van der Waals surface area contributed by atoms with Crippen LogP contribution in [0.3, 0.4) is 0 Å². The number of allylic oxidation sites excluding steroid dienone is 1. The van der Waals surface area contributed by atoms with Crippen LogP contribution >= 0.6 is 21.6 Å². The topological polar surface area (TPSA) is 79.5 Å². The summed E-state index contributed by atoms with van der Waals surface area (Å²) in [6.07, 6.45) is 4.08. The highest BCUT2D eigenvalue weighted by atomic mass is 33.1. The Morgan fingerprint density at radius 2 is 2.28 bits per heavy atom. The Hall–Kier alpha value is -0.500. The van der Waals surface area contributed by atoms with Crippen LogP contribution in [0.2, 0.25) is 0 Å². The average molecular weight is 290 g/mol. The molecular formula is C11H22N4OS2. The number of amides is 1. The third-order valence-electron chi connectivity index (χ3n) is 1.77. The van der Waals surface area contributed by atoms with Gasteiger partial charge in [0.15, 0.2) is 0 Å². The van der Waals surface area contributed by atoms with E-state index in [2.05, 4.69) is 22.7 Å². The first-order valence-corrected chi connectivity index (χ1v) is 8.26. The van der Waals surface area contributed by atoms with Gasteiger partial charge in [0.2, 0.25) is 5.91 Å². The van der Waals surface area contributed by atoms with Crippen molar-refractivity contribution in [2.75, 3.05) is 18.8 Å². The van der Waals surface area contributed by atoms with Crippen molar-refractivity contribution in [3.05, 3.63) is 11.1 Å². The summed E-state index contributed by atoms with van der Waals surface area (Å²) in [6, 6.07) is 0. The van der Waals surface area contributed by atoms with Crippen LogP contribution in [0.4, 0.5) is 0 Å². The minimum atomic E-state index is -0.0843. The molecule has 0 saturated heterocycles. The van der Waals surface area contributed by atoms with Gasteiger partial charge in [0.1, 0.15) is 0 Å². The highest BCUT2D eigenvalue weighted by Gasteiger charge is 1.97. The summed E-state index contributed by atoms with van der Waals surface area (Å²) >= 11 is 0. The van der Waals surface area contributed by atoms with Gasteiger partial charge in [-0.25, -0.2) is 0 Å². The highest BCUT2D eigenvalue weighted by Crippen LogP contribution is 2.23. The molecule has 4 N–H and O–H groups in total. The van der Waals surface area contributed by atoms with Gasteiger partial charge in [-0.2, -0.15) is 0 Å². The van der Waals surface area contributed by atoms with E-state index in [1.54, 1.807) is 21.6 Å². The Morgan fingerprint density at radius 3 is 2.94 bits per heavy atom. The number of nitrogens with one attached hydrogen (secondary N) is 2. The van der Waals surface area contributed by atoms with Gasteiger partial charge in [-0.3, -0.25) is 21.1 Å². The quantitative estimate of drug-likeness (QED) is 0.187. The number of carbonyl (C=O) groups is 1. The second-order valence-electron chi connectivity index (χ2n) is 3.51. The van der Waals surface area contributed by atoms with Gasteiger partial charge >= 0.3 is 0 Å². The zero-order valence-electron chi connectivity index (χ0n) is 10.9. The van der Waals surface area contributed by atoms with E-state index in [1.165, 1.54) is 0 Å². The first-order valence-electron chi connectivity index (χ1n) is 5.88. The van der Waals surface area contributed by atoms with Crippen LogP contribution in [0.1, 0.15) is 26.7 Å². The average Bonchev–Trinajstić information content (AvgIpc) is 2.34. The summed E-state index contributed by atoms with van der Waals surface area (Å²) < 4.78 is 0. The maximum Gasteiger partial charge on any atom is 0.235 e. The Labute approximate surface area is 117 Å². The number of carbonyl (C=O) groups excluding carboxylic acids is 1. The molecule has 0 bridgehead atoms. The molecule has 0 aliphatic heterocycles. The van der Waals surface area contributed by atoms with Crippen LogP contribution in [-0.4, -0.2) is 31.0 Å². The van der Waals surface area contributed by atoms with Crippen LogP contribution < -0.4 is 16.6 Å². The molecule has 7 heteroatoms. The Balaban J connectivity index is 3.49. The molecule has 0 atom stereocenters. The SMILES string of the molecule is CCCC=N/C(C)=C\SSCCNC(=O)CNN. The molecule has 0 fully saturated rings. The molecule has 5 nitrogen and oxygen atoms in total. The maximum absolute atomic E-state index is 11.0. The third-order valence-corrected chi connectivity index (χ3v) is 3.91. The lowest BCUT2D eigenvalue weighted by Crippen LogP contribution is -2.37. The summed E-state index contributed by atoms with van der Waals surface area (Å²) in [5.41, 5.74) is 3.32. The standard InChI is InChI=1S/C11H22N4OS2/c1-3-4-5-13-10(2)9-18-17-7-6-14-11(16)8-15-12/h5,9,15H,3-4,6-8,12H2,1-2H3,(H,14,16)/b10-9-,13-5?. The van der Waals surface area contributed by atoms with E-state index in [-0.39, 0.29) is 12.5 Å². The Kier molecular flexibility index (Phi) is 12.6. The fourth-order valence-electron chi connectivity index (χ4n) is 0.907. The van der Waals surface area contributed by atoms with Crippen LogP contribution in [0.25, 0.3) is 0 Å². The second-order valence-corrected chi connectivity index (χ2v) is 5.87. The monoisotopic (exact) mass is 290 g/mol. The van der Waals surface area contributed by atoms with E-state index < -0.39 is 0 Å². The van der Waals surface area contributed by atoms with Crippen LogP contribution in [0, 0.1) is 0 Å². The van der Waals surface area contributed by atoms with E-state index >= 15 is 0 Å². The predicted molar refractivity (Wildman–Crippen MR) is 82.4 cm³/mol. The molecule has 0 aromatic heterocycles. The largest absolute Gasteiger partial charge is 0.354 e. The Morgan fingerprint density at radius 1 is 1.50 bits per heavy atom. The van der Waals surface area contributed by atoms with Gasteiger partial charge in [0.25, 0.3) is 0 Å². The molecule has 0 saturated carbocycles. The summed E-state index contributed by atoms with van der Waals surface area (Å²) in [5.74, 6) is 5.79. The molecule has 0 aromatic rings. The second kappa shape index (κ2) is 12.9. The van der Waals surface area contributed by atoms with Crippen molar-refractivity contribution in [2.24, 2.45) is 10.8 Å². The first-order chi connectivity index (χ1) is 8.70. The summed E-state index contributed by atoms with van der Waals surface area (Å²) in [4.78, 5) is 15.3. The van der Waals surface area contributed by atoms with Crippen molar-refractivity contribution in [1.82, 2.24) is 10.7 Å².